The van der Waals surface area contributed by atoms with Gasteiger partial charge in [-0.05, 0) is 35.9 Å². The lowest BCUT2D eigenvalue weighted by Crippen LogP contribution is -2.43. The molecule has 0 N–H and O–H groups in total. The lowest BCUT2D eigenvalue weighted by molar-refractivity contribution is -0.0891. The predicted molar refractivity (Wildman–Crippen MR) is 121 cm³/mol. The van der Waals surface area contributed by atoms with Crippen molar-refractivity contribution in [2.75, 3.05) is 6.61 Å². The second kappa shape index (κ2) is 11.1. The number of carbonyl (C=O) groups is 2. The van der Waals surface area contributed by atoms with Gasteiger partial charge in [0.05, 0.1) is 24.0 Å². The van der Waals surface area contributed by atoms with E-state index in [1.54, 1.807) is 54.6 Å². The van der Waals surface area contributed by atoms with Crippen molar-refractivity contribution in [2.24, 2.45) is 0 Å². The van der Waals surface area contributed by atoms with E-state index in [9.17, 15) is 9.59 Å². The molecule has 1 aliphatic rings. The first-order chi connectivity index (χ1) is 16.2. The van der Waals surface area contributed by atoms with Crippen LogP contribution in [0.15, 0.2) is 103 Å². The van der Waals surface area contributed by atoms with E-state index in [1.807, 2.05) is 42.5 Å². The van der Waals surface area contributed by atoms with Crippen molar-refractivity contribution in [1.82, 2.24) is 0 Å². The average molecular weight is 444 g/mol. The van der Waals surface area contributed by atoms with Gasteiger partial charge in [-0.2, -0.15) is 0 Å². The van der Waals surface area contributed by atoms with Crippen LogP contribution in [0.1, 0.15) is 26.3 Å². The van der Waals surface area contributed by atoms with Crippen LogP contribution in [-0.4, -0.2) is 36.9 Å². The lowest BCUT2D eigenvalue weighted by atomic mass is 10.1. The normalized spacial score (nSPS) is 17.7. The highest BCUT2D eigenvalue weighted by Crippen LogP contribution is 2.23. The fraction of sp³-hybridized carbons (Fsp3) is 0.185. The Bertz CT molecular complexity index is 1070. The molecule has 6 heteroatoms. The maximum atomic E-state index is 12.7. The van der Waals surface area contributed by atoms with E-state index in [0.717, 1.165) is 5.56 Å². The molecule has 0 spiro atoms. The summed E-state index contributed by atoms with van der Waals surface area (Å²) in [5, 5.41) is 0. The monoisotopic (exact) mass is 444 g/mol. The van der Waals surface area contributed by atoms with Crippen LogP contribution in [0, 0.1) is 0 Å². The van der Waals surface area contributed by atoms with Crippen LogP contribution in [-0.2, 0) is 25.6 Å². The van der Waals surface area contributed by atoms with Gasteiger partial charge in [0.15, 0.2) is 12.2 Å². The van der Waals surface area contributed by atoms with E-state index in [-0.39, 0.29) is 6.61 Å². The van der Waals surface area contributed by atoms with Crippen LogP contribution < -0.4 is 0 Å². The van der Waals surface area contributed by atoms with Gasteiger partial charge in [-0.25, -0.2) is 9.59 Å². The molecule has 0 saturated heterocycles. The summed E-state index contributed by atoms with van der Waals surface area (Å²) in [4.78, 5) is 25.2. The second-order valence-corrected chi connectivity index (χ2v) is 7.46. The number of esters is 2. The Morgan fingerprint density at radius 2 is 1.36 bits per heavy atom. The molecule has 1 heterocycles. The molecular weight excluding hydrogens is 420 g/mol. The Balaban J connectivity index is 1.45. The molecule has 33 heavy (non-hydrogen) atoms. The first kappa shape index (κ1) is 22.3. The van der Waals surface area contributed by atoms with Crippen LogP contribution in [0.3, 0.4) is 0 Å². The third-order valence-corrected chi connectivity index (χ3v) is 5.14. The van der Waals surface area contributed by atoms with Gasteiger partial charge in [0.25, 0.3) is 0 Å². The topological polar surface area (TPSA) is 71.1 Å². The molecule has 0 unspecified atom stereocenters. The van der Waals surface area contributed by atoms with E-state index in [2.05, 4.69) is 0 Å². The third kappa shape index (κ3) is 6.08. The summed E-state index contributed by atoms with van der Waals surface area (Å²) < 4.78 is 22.9. The van der Waals surface area contributed by atoms with E-state index in [4.69, 9.17) is 18.9 Å². The first-order valence-electron chi connectivity index (χ1n) is 10.7. The van der Waals surface area contributed by atoms with Crippen molar-refractivity contribution in [2.45, 2.75) is 24.9 Å². The number of benzene rings is 3. The van der Waals surface area contributed by atoms with Crippen LogP contribution in [0.4, 0.5) is 0 Å². The fourth-order valence-electron chi connectivity index (χ4n) is 3.41. The van der Waals surface area contributed by atoms with Gasteiger partial charge >= 0.3 is 11.9 Å². The highest BCUT2D eigenvalue weighted by Gasteiger charge is 2.37. The van der Waals surface area contributed by atoms with Gasteiger partial charge in [0.1, 0.15) is 12.7 Å². The van der Waals surface area contributed by atoms with Gasteiger partial charge in [-0.15, -0.1) is 0 Å². The van der Waals surface area contributed by atoms with Crippen LogP contribution in [0.25, 0.3) is 0 Å². The average Bonchev–Trinajstić information content (AvgIpc) is 3.35. The summed E-state index contributed by atoms with van der Waals surface area (Å²) in [7, 11) is 0. The molecule has 0 fully saturated rings. The standard InChI is InChI=1S/C27H24O6/c28-26(21-12-6-2-7-13-21)32-19-24(33-27(29)22-14-8-3-9-15-22)25-23(16-17-30-25)31-18-20-10-4-1-5-11-20/h1-17,23-25H,18-19H2/t23-,24-,25+/m1/s1. The lowest BCUT2D eigenvalue weighted by Gasteiger charge is -2.27. The molecule has 4 rings (SSSR count). The van der Waals surface area contributed by atoms with Gasteiger partial charge in [-0.1, -0.05) is 66.7 Å². The number of carbonyl (C=O) groups excluding carboxylic acids is 2. The highest BCUT2D eigenvalue weighted by atomic mass is 16.6. The van der Waals surface area contributed by atoms with E-state index < -0.39 is 30.3 Å². The van der Waals surface area contributed by atoms with Gasteiger partial charge in [0, 0.05) is 0 Å². The van der Waals surface area contributed by atoms with Crippen LogP contribution in [0.5, 0.6) is 0 Å². The summed E-state index contributed by atoms with van der Waals surface area (Å²) in [5.41, 5.74) is 1.81. The molecule has 0 aromatic heterocycles. The van der Waals surface area contributed by atoms with Crippen molar-refractivity contribution in [3.05, 3.63) is 120 Å². The zero-order chi connectivity index (χ0) is 22.9. The minimum Gasteiger partial charge on any atom is -0.491 e. The van der Waals surface area contributed by atoms with Crippen molar-refractivity contribution in [3.63, 3.8) is 0 Å². The molecule has 168 valence electrons. The van der Waals surface area contributed by atoms with Gasteiger partial charge < -0.3 is 18.9 Å². The van der Waals surface area contributed by atoms with Crippen molar-refractivity contribution in [1.29, 1.82) is 0 Å². The molecule has 0 saturated carbocycles. The number of hydrogen-bond donors (Lipinski definition) is 0. The fourth-order valence-corrected chi connectivity index (χ4v) is 3.41. The molecular formula is C27H24O6. The Labute approximate surface area is 192 Å². The van der Waals surface area contributed by atoms with Gasteiger partial charge in [-0.3, -0.25) is 0 Å². The summed E-state index contributed by atoms with van der Waals surface area (Å²) in [6, 6.07) is 27.0. The summed E-state index contributed by atoms with van der Waals surface area (Å²) in [6.07, 6.45) is 1.26. The highest BCUT2D eigenvalue weighted by molar-refractivity contribution is 5.90. The van der Waals surface area contributed by atoms with Crippen molar-refractivity contribution >= 4 is 11.9 Å². The van der Waals surface area contributed by atoms with E-state index in [1.165, 1.54) is 6.26 Å². The van der Waals surface area contributed by atoms with Crippen LogP contribution >= 0.6 is 0 Å². The van der Waals surface area contributed by atoms with Crippen molar-refractivity contribution in [3.8, 4) is 0 Å². The maximum Gasteiger partial charge on any atom is 0.338 e. The Hall–Kier alpha value is -3.90. The molecule has 3 atom stereocenters. The minimum atomic E-state index is -0.874. The molecule has 6 nitrogen and oxygen atoms in total. The van der Waals surface area contributed by atoms with E-state index >= 15 is 0 Å². The summed E-state index contributed by atoms with van der Waals surface area (Å²) in [6.45, 7) is 0.183. The number of hydrogen-bond acceptors (Lipinski definition) is 6. The Morgan fingerprint density at radius 1 is 0.788 bits per heavy atom. The Morgan fingerprint density at radius 3 is 2.00 bits per heavy atom. The minimum absolute atomic E-state index is 0.177. The van der Waals surface area contributed by atoms with E-state index in [0.29, 0.717) is 17.7 Å². The molecule has 0 aliphatic carbocycles. The van der Waals surface area contributed by atoms with Crippen molar-refractivity contribution < 1.29 is 28.5 Å². The predicted octanol–water partition coefficient (Wildman–Crippen LogP) is 4.57. The van der Waals surface area contributed by atoms with Gasteiger partial charge in [0.2, 0.25) is 0 Å². The zero-order valence-corrected chi connectivity index (χ0v) is 17.9. The maximum absolute atomic E-state index is 12.7. The number of ether oxygens (including phenoxy) is 4. The summed E-state index contributed by atoms with van der Waals surface area (Å²) >= 11 is 0. The smallest absolute Gasteiger partial charge is 0.338 e. The molecule has 3 aromatic rings. The largest absolute Gasteiger partial charge is 0.491 e. The zero-order valence-electron chi connectivity index (χ0n) is 17.9. The summed E-state index contributed by atoms with van der Waals surface area (Å²) in [5.74, 6) is -1.04. The first-order valence-corrected chi connectivity index (χ1v) is 10.7. The van der Waals surface area contributed by atoms with Crippen LogP contribution in [0.2, 0.25) is 0 Å². The SMILES string of the molecule is O=C(OC[C@@H](OC(=O)c1ccccc1)[C@H]1OC=C[C@H]1OCc1ccccc1)c1ccccc1. The molecule has 3 aromatic carbocycles. The quantitative estimate of drug-likeness (QED) is 0.451. The third-order valence-electron chi connectivity index (χ3n) is 5.14. The molecule has 0 amide bonds. The Kier molecular flexibility index (Phi) is 7.51. The molecule has 0 radical (unpaired) electrons. The molecule has 1 aliphatic heterocycles. The number of rotatable bonds is 9. The molecule has 0 bridgehead atoms. The second-order valence-electron chi connectivity index (χ2n) is 7.46.